The Kier molecular flexibility index (Phi) is 3.88. The number of nitrogens with two attached hydrogens (primary N) is 1. The van der Waals surface area contributed by atoms with Gasteiger partial charge in [0, 0.05) is 11.7 Å². The Morgan fingerprint density at radius 3 is 3.10 bits per heavy atom. The smallest absolute Gasteiger partial charge is 0.144 e. The summed E-state index contributed by atoms with van der Waals surface area (Å²) in [5.41, 5.74) is 9.17. The van der Waals surface area contributed by atoms with Crippen LogP contribution in [0, 0.1) is 0 Å². The van der Waals surface area contributed by atoms with Crippen molar-refractivity contribution in [1.29, 1.82) is 0 Å². The van der Waals surface area contributed by atoms with Crippen molar-refractivity contribution in [2.75, 3.05) is 18.6 Å². The Morgan fingerprint density at radius 1 is 1.43 bits per heavy atom. The van der Waals surface area contributed by atoms with Crippen LogP contribution < -0.4 is 15.9 Å². The average molecular weight is 297 g/mol. The predicted octanol–water partition coefficient (Wildman–Crippen LogP) is 1.23. The molecule has 0 saturated heterocycles. The summed E-state index contributed by atoms with van der Waals surface area (Å²) in [6, 6.07) is 6.20. The van der Waals surface area contributed by atoms with E-state index in [1.165, 1.54) is 6.33 Å². The third-order valence-corrected chi connectivity index (χ3v) is 4.80. The third kappa shape index (κ3) is 2.76. The molecule has 21 heavy (non-hydrogen) atoms. The largest absolute Gasteiger partial charge is 0.497 e. The highest BCUT2D eigenvalue weighted by atomic mass is 32.2. The van der Waals surface area contributed by atoms with E-state index in [2.05, 4.69) is 34.3 Å². The van der Waals surface area contributed by atoms with E-state index in [4.69, 9.17) is 10.5 Å². The standard InChI is InChI=1S/C15H16BN3OS/c1-20-12-6-9(3-5-11(12)16)2-4-10-7-21-14-13(10)18-8-19-15(14)17/h2-6,8,10H,7,16H2,1H3,(H2,17,18,19)/b4-2+. The Bertz CT molecular complexity index is 705. The van der Waals surface area contributed by atoms with Gasteiger partial charge in [-0.05, 0) is 17.1 Å². The fourth-order valence-corrected chi connectivity index (χ4v) is 3.55. The number of thioether (sulfide) groups is 1. The maximum absolute atomic E-state index is 5.88. The molecule has 0 fully saturated rings. The first kappa shape index (κ1) is 14.0. The number of aromatic nitrogens is 2. The topological polar surface area (TPSA) is 61.0 Å². The van der Waals surface area contributed by atoms with E-state index in [-0.39, 0.29) is 5.92 Å². The van der Waals surface area contributed by atoms with E-state index in [1.807, 2.05) is 13.9 Å². The van der Waals surface area contributed by atoms with Crippen LogP contribution >= 0.6 is 11.8 Å². The first-order chi connectivity index (χ1) is 10.2. The SMILES string of the molecule is Bc1ccc(/C=C/C2CSc3c(N)ncnc32)cc1OC. The molecule has 0 aliphatic carbocycles. The monoisotopic (exact) mass is 297 g/mol. The molecule has 106 valence electrons. The first-order valence-corrected chi connectivity index (χ1v) is 7.73. The van der Waals surface area contributed by atoms with E-state index >= 15 is 0 Å². The van der Waals surface area contributed by atoms with Crippen LogP contribution in [0.15, 0.2) is 35.5 Å². The normalized spacial score (nSPS) is 17.1. The number of rotatable bonds is 3. The highest BCUT2D eigenvalue weighted by Gasteiger charge is 2.24. The van der Waals surface area contributed by atoms with Crippen molar-refractivity contribution in [2.24, 2.45) is 0 Å². The quantitative estimate of drug-likeness (QED) is 0.863. The lowest BCUT2D eigenvalue weighted by Crippen LogP contribution is -2.06. The molecule has 2 heterocycles. The molecule has 1 aromatic carbocycles. The van der Waals surface area contributed by atoms with Crippen LogP contribution in [0.2, 0.25) is 0 Å². The zero-order valence-corrected chi connectivity index (χ0v) is 12.9. The molecule has 1 atom stereocenters. The molecule has 0 bridgehead atoms. The second-order valence-electron chi connectivity index (χ2n) is 4.98. The highest BCUT2D eigenvalue weighted by Crippen LogP contribution is 2.41. The molecule has 3 rings (SSSR count). The predicted molar refractivity (Wildman–Crippen MR) is 90.1 cm³/mol. The van der Waals surface area contributed by atoms with Gasteiger partial charge in [0.2, 0.25) is 0 Å². The van der Waals surface area contributed by atoms with Crippen molar-refractivity contribution in [3.63, 3.8) is 0 Å². The summed E-state index contributed by atoms with van der Waals surface area (Å²) in [5, 5.41) is 0. The van der Waals surface area contributed by atoms with Crippen LogP contribution in [-0.4, -0.2) is 30.7 Å². The van der Waals surface area contributed by atoms with Crippen LogP contribution in [0.3, 0.4) is 0 Å². The third-order valence-electron chi connectivity index (χ3n) is 3.57. The molecule has 1 aliphatic heterocycles. The fraction of sp³-hybridized carbons (Fsp3) is 0.200. The molecule has 4 nitrogen and oxygen atoms in total. The van der Waals surface area contributed by atoms with E-state index < -0.39 is 0 Å². The maximum Gasteiger partial charge on any atom is 0.144 e. The molecule has 0 radical (unpaired) electrons. The zero-order valence-electron chi connectivity index (χ0n) is 12.0. The van der Waals surface area contributed by atoms with Crippen molar-refractivity contribution < 1.29 is 4.74 Å². The molecule has 2 aromatic rings. The summed E-state index contributed by atoms with van der Waals surface area (Å²) in [5.74, 6) is 2.72. The second-order valence-corrected chi connectivity index (χ2v) is 6.01. The van der Waals surface area contributed by atoms with Gasteiger partial charge in [-0.3, -0.25) is 0 Å². The van der Waals surface area contributed by atoms with Gasteiger partial charge in [0.05, 0.1) is 17.7 Å². The summed E-state index contributed by atoms with van der Waals surface area (Å²) < 4.78 is 5.35. The Labute approximate surface area is 129 Å². The fourth-order valence-electron chi connectivity index (χ4n) is 2.38. The molecule has 2 N–H and O–H groups in total. The highest BCUT2D eigenvalue weighted by molar-refractivity contribution is 7.99. The lowest BCUT2D eigenvalue weighted by molar-refractivity contribution is 0.418. The van der Waals surface area contributed by atoms with E-state index in [0.29, 0.717) is 5.82 Å². The van der Waals surface area contributed by atoms with E-state index in [0.717, 1.165) is 33.1 Å². The van der Waals surface area contributed by atoms with Crippen molar-refractivity contribution in [1.82, 2.24) is 9.97 Å². The minimum absolute atomic E-state index is 0.280. The molecule has 1 unspecified atom stereocenters. The summed E-state index contributed by atoms with van der Waals surface area (Å²) >= 11 is 1.72. The van der Waals surface area contributed by atoms with Gasteiger partial charge >= 0.3 is 0 Å². The number of allylic oxidation sites excluding steroid dienone is 1. The van der Waals surface area contributed by atoms with Gasteiger partial charge in [0.15, 0.2) is 0 Å². The summed E-state index contributed by atoms with van der Waals surface area (Å²) in [6.45, 7) is 0. The van der Waals surface area contributed by atoms with Gasteiger partial charge in [-0.1, -0.05) is 24.3 Å². The Morgan fingerprint density at radius 2 is 2.29 bits per heavy atom. The number of benzene rings is 1. The first-order valence-electron chi connectivity index (χ1n) is 6.75. The Balaban J connectivity index is 1.84. The van der Waals surface area contributed by atoms with Crippen molar-refractivity contribution >= 4 is 37.0 Å². The van der Waals surface area contributed by atoms with Crippen LogP contribution in [0.5, 0.6) is 5.75 Å². The maximum atomic E-state index is 5.88. The van der Waals surface area contributed by atoms with Crippen LogP contribution in [0.4, 0.5) is 5.82 Å². The number of methoxy groups -OCH3 is 1. The lowest BCUT2D eigenvalue weighted by Gasteiger charge is -2.06. The van der Waals surface area contributed by atoms with Gasteiger partial charge < -0.3 is 10.5 Å². The molecular formula is C15H16BN3OS. The summed E-state index contributed by atoms with van der Waals surface area (Å²) in [7, 11) is 3.73. The number of nitrogen functional groups attached to an aromatic ring is 1. The van der Waals surface area contributed by atoms with Gasteiger partial charge in [0.25, 0.3) is 0 Å². The Hall–Kier alpha value is -1.95. The molecule has 0 spiro atoms. The summed E-state index contributed by atoms with van der Waals surface area (Å²) in [4.78, 5) is 9.44. The molecule has 6 heteroatoms. The summed E-state index contributed by atoms with van der Waals surface area (Å²) in [6.07, 6.45) is 5.83. The van der Waals surface area contributed by atoms with Crippen LogP contribution in [-0.2, 0) is 0 Å². The molecule has 1 aliphatic rings. The molecule has 1 aromatic heterocycles. The van der Waals surface area contributed by atoms with Crippen LogP contribution in [0.1, 0.15) is 17.2 Å². The van der Waals surface area contributed by atoms with Gasteiger partial charge in [-0.25, -0.2) is 9.97 Å². The average Bonchev–Trinajstić information content (AvgIpc) is 2.91. The number of hydrogen-bond donors (Lipinski definition) is 1. The van der Waals surface area contributed by atoms with Crippen molar-refractivity contribution in [2.45, 2.75) is 10.8 Å². The van der Waals surface area contributed by atoms with Gasteiger partial charge in [0.1, 0.15) is 25.7 Å². The zero-order chi connectivity index (χ0) is 14.8. The number of anilines is 1. The number of ether oxygens (including phenoxy) is 1. The van der Waals surface area contributed by atoms with Crippen molar-refractivity contribution in [3.05, 3.63) is 41.9 Å². The van der Waals surface area contributed by atoms with Gasteiger partial charge in [-0.2, -0.15) is 0 Å². The second kappa shape index (κ2) is 5.81. The van der Waals surface area contributed by atoms with Crippen LogP contribution in [0.25, 0.3) is 6.08 Å². The molecule has 0 saturated carbocycles. The lowest BCUT2D eigenvalue weighted by atomic mass is 9.93. The number of hydrogen-bond acceptors (Lipinski definition) is 5. The van der Waals surface area contributed by atoms with E-state index in [1.54, 1.807) is 18.9 Å². The van der Waals surface area contributed by atoms with E-state index in [9.17, 15) is 0 Å². The number of nitrogens with zero attached hydrogens (tertiary/aromatic N) is 2. The minimum Gasteiger partial charge on any atom is -0.497 e. The molecule has 0 amide bonds. The molecular weight excluding hydrogens is 281 g/mol. The minimum atomic E-state index is 0.280. The number of fused-ring (bicyclic) bond motifs is 1. The van der Waals surface area contributed by atoms with Gasteiger partial charge in [-0.15, -0.1) is 11.8 Å². The van der Waals surface area contributed by atoms with Crippen molar-refractivity contribution in [3.8, 4) is 5.75 Å².